The highest BCUT2D eigenvalue weighted by Gasteiger charge is 2.17. The summed E-state index contributed by atoms with van der Waals surface area (Å²) < 4.78 is 0. The monoisotopic (exact) mass is 201 g/mol. The highest BCUT2D eigenvalue weighted by atomic mass is 16.7. The SMILES string of the molecule is O=C(O)CCCC(=O)N1CCCCO1. The van der Waals surface area contributed by atoms with E-state index < -0.39 is 5.97 Å². The zero-order valence-electron chi connectivity index (χ0n) is 8.07. The van der Waals surface area contributed by atoms with Gasteiger partial charge in [-0.1, -0.05) is 0 Å². The van der Waals surface area contributed by atoms with Crippen LogP contribution in [0.3, 0.4) is 0 Å². The Balaban J connectivity index is 2.16. The molecule has 1 fully saturated rings. The molecule has 0 saturated carbocycles. The fourth-order valence-corrected chi connectivity index (χ4v) is 1.31. The normalized spacial score (nSPS) is 16.7. The molecule has 1 heterocycles. The molecule has 5 heteroatoms. The van der Waals surface area contributed by atoms with Crippen LogP contribution in [0, 0.1) is 0 Å². The van der Waals surface area contributed by atoms with Crippen LogP contribution < -0.4 is 0 Å². The van der Waals surface area contributed by atoms with Crippen molar-refractivity contribution in [3.05, 3.63) is 0 Å². The van der Waals surface area contributed by atoms with Gasteiger partial charge in [0.2, 0.25) is 5.91 Å². The topological polar surface area (TPSA) is 66.8 Å². The van der Waals surface area contributed by atoms with E-state index in [1.54, 1.807) is 0 Å². The molecule has 1 saturated heterocycles. The predicted molar refractivity (Wildman–Crippen MR) is 48.4 cm³/mol. The fourth-order valence-electron chi connectivity index (χ4n) is 1.31. The summed E-state index contributed by atoms with van der Waals surface area (Å²) in [5, 5.41) is 9.73. The first-order chi connectivity index (χ1) is 6.70. The van der Waals surface area contributed by atoms with E-state index in [1.807, 2.05) is 0 Å². The summed E-state index contributed by atoms with van der Waals surface area (Å²) in [7, 11) is 0. The highest BCUT2D eigenvalue weighted by molar-refractivity contribution is 5.76. The first-order valence-corrected chi connectivity index (χ1v) is 4.85. The molecule has 1 N–H and O–H groups in total. The number of amides is 1. The fraction of sp³-hybridized carbons (Fsp3) is 0.778. The van der Waals surface area contributed by atoms with Crippen molar-refractivity contribution in [2.75, 3.05) is 13.2 Å². The van der Waals surface area contributed by atoms with Crippen LogP contribution in [0.5, 0.6) is 0 Å². The number of carboxylic acids is 1. The van der Waals surface area contributed by atoms with E-state index in [0.717, 1.165) is 12.8 Å². The van der Waals surface area contributed by atoms with Crippen molar-refractivity contribution >= 4 is 11.9 Å². The number of aliphatic carboxylic acids is 1. The lowest BCUT2D eigenvalue weighted by Crippen LogP contribution is -2.35. The molecule has 80 valence electrons. The van der Waals surface area contributed by atoms with E-state index in [9.17, 15) is 9.59 Å². The van der Waals surface area contributed by atoms with Crippen LogP contribution in [0.1, 0.15) is 32.1 Å². The summed E-state index contributed by atoms with van der Waals surface area (Å²) in [4.78, 5) is 26.7. The third kappa shape index (κ3) is 3.74. The minimum Gasteiger partial charge on any atom is -0.481 e. The Hall–Kier alpha value is -1.10. The van der Waals surface area contributed by atoms with E-state index in [0.29, 0.717) is 19.6 Å². The predicted octanol–water partition coefficient (Wildman–Crippen LogP) is 0.795. The quantitative estimate of drug-likeness (QED) is 0.730. The summed E-state index contributed by atoms with van der Waals surface area (Å²) >= 11 is 0. The van der Waals surface area contributed by atoms with Crippen molar-refractivity contribution in [1.29, 1.82) is 0 Å². The second-order valence-electron chi connectivity index (χ2n) is 3.28. The lowest BCUT2D eigenvalue weighted by atomic mass is 10.2. The van der Waals surface area contributed by atoms with Gasteiger partial charge in [-0.25, -0.2) is 5.06 Å². The van der Waals surface area contributed by atoms with Crippen molar-refractivity contribution < 1.29 is 19.5 Å². The molecule has 0 spiro atoms. The maximum Gasteiger partial charge on any atom is 0.303 e. The van der Waals surface area contributed by atoms with Crippen LogP contribution in [-0.4, -0.2) is 35.2 Å². The summed E-state index contributed by atoms with van der Waals surface area (Å²) in [5.74, 6) is -0.969. The maximum atomic E-state index is 11.4. The van der Waals surface area contributed by atoms with Crippen LogP contribution >= 0.6 is 0 Å². The zero-order valence-corrected chi connectivity index (χ0v) is 8.07. The van der Waals surface area contributed by atoms with Gasteiger partial charge in [-0.2, -0.15) is 0 Å². The molecular weight excluding hydrogens is 186 g/mol. The Kier molecular flexibility index (Phi) is 4.39. The average Bonchev–Trinajstić information content (AvgIpc) is 2.18. The number of nitrogens with zero attached hydrogens (tertiary/aromatic N) is 1. The number of carbonyl (C=O) groups is 2. The second-order valence-corrected chi connectivity index (χ2v) is 3.28. The first kappa shape index (κ1) is 11.0. The minimum atomic E-state index is -0.864. The molecule has 0 radical (unpaired) electrons. The molecule has 0 unspecified atom stereocenters. The van der Waals surface area contributed by atoms with Crippen LogP contribution in [-0.2, 0) is 14.4 Å². The summed E-state index contributed by atoms with van der Waals surface area (Å²) in [5.41, 5.74) is 0. The van der Waals surface area contributed by atoms with Gasteiger partial charge in [0.05, 0.1) is 6.61 Å². The van der Waals surface area contributed by atoms with Crippen LogP contribution in [0.2, 0.25) is 0 Å². The van der Waals surface area contributed by atoms with E-state index in [4.69, 9.17) is 9.94 Å². The molecule has 1 aliphatic rings. The van der Waals surface area contributed by atoms with Gasteiger partial charge in [0.1, 0.15) is 0 Å². The second kappa shape index (κ2) is 5.59. The van der Waals surface area contributed by atoms with Crippen molar-refractivity contribution in [1.82, 2.24) is 5.06 Å². The van der Waals surface area contributed by atoms with E-state index >= 15 is 0 Å². The van der Waals surface area contributed by atoms with Gasteiger partial charge in [0, 0.05) is 19.4 Å². The summed E-state index contributed by atoms with van der Waals surface area (Å²) in [6, 6.07) is 0. The van der Waals surface area contributed by atoms with Gasteiger partial charge in [0.25, 0.3) is 0 Å². The van der Waals surface area contributed by atoms with Crippen molar-refractivity contribution in [3.8, 4) is 0 Å². The Morgan fingerprint density at radius 1 is 1.29 bits per heavy atom. The molecule has 5 nitrogen and oxygen atoms in total. The Bertz CT molecular complexity index is 211. The van der Waals surface area contributed by atoms with Gasteiger partial charge in [-0.3, -0.25) is 14.4 Å². The van der Waals surface area contributed by atoms with Gasteiger partial charge < -0.3 is 5.11 Å². The largest absolute Gasteiger partial charge is 0.481 e. The smallest absolute Gasteiger partial charge is 0.303 e. The van der Waals surface area contributed by atoms with E-state index in [1.165, 1.54) is 5.06 Å². The molecule has 0 bridgehead atoms. The number of rotatable bonds is 4. The lowest BCUT2D eigenvalue weighted by molar-refractivity contribution is -0.197. The summed E-state index contributed by atoms with van der Waals surface area (Å²) in [6.45, 7) is 1.22. The van der Waals surface area contributed by atoms with Crippen molar-refractivity contribution in [3.63, 3.8) is 0 Å². The van der Waals surface area contributed by atoms with Crippen LogP contribution in [0.25, 0.3) is 0 Å². The Labute approximate surface area is 82.6 Å². The molecule has 1 aliphatic heterocycles. The molecule has 1 rings (SSSR count). The lowest BCUT2D eigenvalue weighted by Gasteiger charge is -2.25. The Morgan fingerprint density at radius 3 is 2.64 bits per heavy atom. The van der Waals surface area contributed by atoms with Gasteiger partial charge >= 0.3 is 5.97 Å². The standard InChI is InChI=1S/C9H15NO4/c11-8(4-3-5-9(12)13)10-6-1-2-7-14-10/h1-7H2,(H,12,13). The third-order valence-electron chi connectivity index (χ3n) is 2.06. The van der Waals surface area contributed by atoms with Crippen molar-refractivity contribution in [2.24, 2.45) is 0 Å². The average molecular weight is 201 g/mol. The number of carboxylic acid groups (broad SMARTS) is 1. The molecule has 0 aromatic rings. The highest BCUT2D eigenvalue weighted by Crippen LogP contribution is 2.09. The van der Waals surface area contributed by atoms with E-state index in [2.05, 4.69) is 0 Å². The molecule has 0 atom stereocenters. The summed E-state index contributed by atoms with van der Waals surface area (Å²) in [6.07, 6.45) is 2.63. The molecule has 14 heavy (non-hydrogen) atoms. The maximum absolute atomic E-state index is 11.4. The molecule has 0 aromatic heterocycles. The van der Waals surface area contributed by atoms with Gasteiger partial charge in [-0.05, 0) is 19.3 Å². The van der Waals surface area contributed by atoms with Gasteiger partial charge in [-0.15, -0.1) is 0 Å². The Morgan fingerprint density at radius 2 is 2.07 bits per heavy atom. The molecule has 0 aliphatic carbocycles. The zero-order chi connectivity index (χ0) is 10.4. The number of hydrogen-bond acceptors (Lipinski definition) is 3. The van der Waals surface area contributed by atoms with Crippen LogP contribution in [0.15, 0.2) is 0 Å². The molecule has 1 amide bonds. The molecule has 0 aromatic carbocycles. The van der Waals surface area contributed by atoms with Gasteiger partial charge in [0.15, 0.2) is 0 Å². The minimum absolute atomic E-state index is 0.0412. The van der Waals surface area contributed by atoms with Crippen LogP contribution in [0.4, 0.5) is 0 Å². The number of hydroxylamine groups is 2. The van der Waals surface area contributed by atoms with Crippen molar-refractivity contribution in [2.45, 2.75) is 32.1 Å². The first-order valence-electron chi connectivity index (χ1n) is 4.85. The number of hydrogen-bond donors (Lipinski definition) is 1. The van der Waals surface area contributed by atoms with E-state index in [-0.39, 0.29) is 18.7 Å². The number of carbonyl (C=O) groups excluding carboxylic acids is 1. The molecular formula is C9H15NO4. The third-order valence-corrected chi connectivity index (χ3v) is 2.06.